The number of nitrogens with zero attached hydrogens (tertiary/aromatic N) is 5. The van der Waals surface area contributed by atoms with Crippen LogP contribution in [-0.2, 0) is 11.3 Å². The van der Waals surface area contributed by atoms with Gasteiger partial charge in [0.05, 0.1) is 26.0 Å². The normalized spacial score (nSPS) is 19.4. The number of morpholine rings is 1. The van der Waals surface area contributed by atoms with E-state index in [2.05, 4.69) is 15.1 Å². The standard InChI is InChI=1S/C16H21N5O4/c22-16(21-7-10-23-11-8-21)20-5-3-19(4-6-20)12-14-17-18-15(25-14)13-2-1-9-24-13/h1-2,9H,3-8,10-12H2. The molecule has 2 aliphatic heterocycles. The van der Waals surface area contributed by atoms with Crippen LogP contribution in [0, 0.1) is 0 Å². The molecule has 0 atom stereocenters. The molecule has 9 nitrogen and oxygen atoms in total. The Bertz CT molecular complexity index is 687. The molecular formula is C16H21N5O4. The molecule has 2 fully saturated rings. The second-order valence-corrected chi connectivity index (χ2v) is 6.12. The van der Waals surface area contributed by atoms with E-state index < -0.39 is 0 Å². The number of ether oxygens (including phenoxy) is 1. The first-order valence-electron chi connectivity index (χ1n) is 8.50. The fourth-order valence-electron chi connectivity index (χ4n) is 3.06. The summed E-state index contributed by atoms with van der Waals surface area (Å²) in [5.74, 6) is 1.51. The van der Waals surface area contributed by atoms with Gasteiger partial charge < -0.3 is 23.4 Å². The number of furan rings is 1. The highest BCUT2D eigenvalue weighted by Crippen LogP contribution is 2.19. The van der Waals surface area contributed by atoms with Crippen molar-refractivity contribution in [3.8, 4) is 11.7 Å². The van der Waals surface area contributed by atoms with Gasteiger partial charge in [0.15, 0.2) is 5.76 Å². The minimum atomic E-state index is 0.112. The molecule has 2 aromatic heterocycles. The number of rotatable bonds is 3. The molecule has 2 aromatic rings. The van der Waals surface area contributed by atoms with E-state index in [-0.39, 0.29) is 6.03 Å². The van der Waals surface area contributed by atoms with Gasteiger partial charge in [0.25, 0.3) is 5.89 Å². The lowest BCUT2D eigenvalue weighted by atomic mass is 10.3. The Morgan fingerprint density at radius 1 is 1.04 bits per heavy atom. The first kappa shape index (κ1) is 16.1. The topological polar surface area (TPSA) is 88.1 Å². The van der Waals surface area contributed by atoms with Crippen molar-refractivity contribution in [1.82, 2.24) is 24.9 Å². The van der Waals surface area contributed by atoms with Gasteiger partial charge in [-0.25, -0.2) is 4.79 Å². The lowest BCUT2D eigenvalue weighted by molar-refractivity contribution is 0.0368. The fraction of sp³-hybridized carbons (Fsp3) is 0.562. The third kappa shape index (κ3) is 3.67. The molecule has 0 aromatic carbocycles. The van der Waals surface area contributed by atoms with Crippen LogP contribution < -0.4 is 0 Å². The van der Waals surface area contributed by atoms with Crippen LogP contribution in [-0.4, -0.2) is 83.4 Å². The van der Waals surface area contributed by atoms with Gasteiger partial charge in [-0.2, -0.15) is 0 Å². The first-order chi connectivity index (χ1) is 12.3. The van der Waals surface area contributed by atoms with Gasteiger partial charge in [0, 0.05) is 39.3 Å². The minimum Gasteiger partial charge on any atom is -0.459 e. The van der Waals surface area contributed by atoms with Crippen molar-refractivity contribution in [2.24, 2.45) is 0 Å². The van der Waals surface area contributed by atoms with Gasteiger partial charge in [-0.15, -0.1) is 10.2 Å². The minimum absolute atomic E-state index is 0.112. The molecule has 4 heterocycles. The maximum atomic E-state index is 12.5. The number of amides is 2. The number of hydrogen-bond donors (Lipinski definition) is 0. The van der Waals surface area contributed by atoms with Gasteiger partial charge in [-0.05, 0) is 12.1 Å². The summed E-state index contributed by atoms with van der Waals surface area (Å²) in [7, 11) is 0. The lowest BCUT2D eigenvalue weighted by Gasteiger charge is -2.38. The molecule has 0 unspecified atom stereocenters. The molecule has 25 heavy (non-hydrogen) atoms. The smallest absolute Gasteiger partial charge is 0.320 e. The quantitative estimate of drug-likeness (QED) is 0.815. The number of urea groups is 1. The van der Waals surface area contributed by atoms with Crippen molar-refractivity contribution in [2.45, 2.75) is 6.54 Å². The SMILES string of the molecule is O=C(N1CCOCC1)N1CCN(Cc2nnc(-c3ccco3)o2)CC1. The van der Waals surface area contributed by atoms with E-state index in [1.807, 2.05) is 9.80 Å². The molecule has 4 rings (SSSR count). The predicted octanol–water partition coefficient (Wildman–Crippen LogP) is 0.899. The van der Waals surface area contributed by atoms with Gasteiger partial charge in [-0.3, -0.25) is 4.90 Å². The Labute approximate surface area is 145 Å². The largest absolute Gasteiger partial charge is 0.459 e. The van der Waals surface area contributed by atoms with E-state index in [0.29, 0.717) is 63.5 Å². The third-order valence-electron chi connectivity index (χ3n) is 4.48. The summed E-state index contributed by atoms with van der Waals surface area (Å²) in [6, 6.07) is 3.68. The zero-order valence-corrected chi connectivity index (χ0v) is 14.0. The van der Waals surface area contributed by atoms with Gasteiger partial charge in [-0.1, -0.05) is 0 Å². The number of carbonyl (C=O) groups is 1. The second-order valence-electron chi connectivity index (χ2n) is 6.12. The van der Waals surface area contributed by atoms with Crippen LogP contribution >= 0.6 is 0 Å². The summed E-state index contributed by atoms with van der Waals surface area (Å²) >= 11 is 0. The Hall–Kier alpha value is -2.39. The molecule has 0 radical (unpaired) electrons. The highest BCUT2D eigenvalue weighted by atomic mass is 16.5. The van der Waals surface area contributed by atoms with E-state index >= 15 is 0 Å². The van der Waals surface area contributed by atoms with Crippen LogP contribution in [0.15, 0.2) is 27.2 Å². The zero-order chi connectivity index (χ0) is 17.1. The summed E-state index contributed by atoms with van der Waals surface area (Å²) in [5.41, 5.74) is 0. The molecule has 9 heteroatoms. The maximum absolute atomic E-state index is 12.5. The lowest BCUT2D eigenvalue weighted by Crippen LogP contribution is -2.54. The van der Waals surface area contributed by atoms with E-state index in [1.165, 1.54) is 0 Å². The monoisotopic (exact) mass is 347 g/mol. The molecule has 0 bridgehead atoms. The van der Waals surface area contributed by atoms with Crippen LogP contribution in [0.5, 0.6) is 0 Å². The number of hydrogen-bond acceptors (Lipinski definition) is 7. The zero-order valence-electron chi connectivity index (χ0n) is 14.0. The molecule has 2 amide bonds. The van der Waals surface area contributed by atoms with Crippen LogP contribution in [0.4, 0.5) is 4.79 Å². The van der Waals surface area contributed by atoms with Crippen molar-refractivity contribution >= 4 is 6.03 Å². The van der Waals surface area contributed by atoms with Crippen molar-refractivity contribution in [3.05, 3.63) is 24.3 Å². The summed E-state index contributed by atoms with van der Waals surface area (Å²) < 4.78 is 16.2. The van der Waals surface area contributed by atoms with E-state index in [1.54, 1.807) is 18.4 Å². The average Bonchev–Trinajstić information content (AvgIpc) is 3.34. The Morgan fingerprint density at radius 3 is 2.52 bits per heavy atom. The molecule has 0 spiro atoms. The number of piperazine rings is 1. The fourth-order valence-corrected chi connectivity index (χ4v) is 3.06. The van der Waals surface area contributed by atoms with Crippen LogP contribution in [0.25, 0.3) is 11.7 Å². The molecule has 0 saturated carbocycles. The first-order valence-corrected chi connectivity index (χ1v) is 8.50. The van der Waals surface area contributed by atoms with E-state index in [4.69, 9.17) is 13.6 Å². The highest BCUT2D eigenvalue weighted by molar-refractivity contribution is 5.74. The van der Waals surface area contributed by atoms with Crippen molar-refractivity contribution in [1.29, 1.82) is 0 Å². The second kappa shape index (κ2) is 7.24. The average molecular weight is 347 g/mol. The maximum Gasteiger partial charge on any atom is 0.320 e. The molecular weight excluding hydrogens is 326 g/mol. The Morgan fingerprint density at radius 2 is 1.80 bits per heavy atom. The summed E-state index contributed by atoms with van der Waals surface area (Å²) in [5, 5.41) is 8.08. The third-order valence-corrected chi connectivity index (χ3v) is 4.48. The number of carbonyl (C=O) groups excluding carboxylic acids is 1. The number of aromatic nitrogens is 2. The van der Waals surface area contributed by atoms with Crippen LogP contribution in [0.1, 0.15) is 5.89 Å². The summed E-state index contributed by atoms with van der Waals surface area (Å²) in [4.78, 5) is 18.5. The summed E-state index contributed by atoms with van der Waals surface area (Å²) in [6.45, 7) is 6.16. The van der Waals surface area contributed by atoms with E-state index in [9.17, 15) is 4.79 Å². The predicted molar refractivity (Wildman–Crippen MR) is 86.6 cm³/mol. The molecule has 2 aliphatic rings. The van der Waals surface area contributed by atoms with Crippen LogP contribution in [0.3, 0.4) is 0 Å². The molecule has 134 valence electrons. The molecule has 2 saturated heterocycles. The molecule has 0 aliphatic carbocycles. The molecule has 0 N–H and O–H groups in total. The Kier molecular flexibility index (Phi) is 4.66. The Balaban J connectivity index is 1.28. The van der Waals surface area contributed by atoms with Crippen molar-refractivity contribution in [3.63, 3.8) is 0 Å². The van der Waals surface area contributed by atoms with Gasteiger partial charge in [0.1, 0.15) is 0 Å². The van der Waals surface area contributed by atoms with Crippen LogP contribution in [0.2, 0.25) is 0 Å². The summed E-state index contributed by atoms with van der Waals surface area (Å²) in [6.07, 6.45) is 1.57. The van der Waals surface area contributed by atoms with Crippen molar-refractivity contribution in [2.75, 3.05) is 52.5 Å². The van der Waals surface area contributed by atoms with Gasteiger partial charge >= 0.3 is 6.03 Å². The highest BCUT2D eigenvalue weighted by Gasteiger charge is 2.27. The van der Waals surface area contributed by atoms with Gasteiger partial charge in [0.2, 0.25) is 5.89 Å². The van der Waals surface area contributed by atoms with E-state index in [0.717, 1.165) is 13.1 Å². The van der Waals surface area contributed by atoms with Crippen molar-refractivity contribution < 1.29 is 18.4 Å².